The first kappa shape index (κ1) is 15.2. The molecule has 6 heteroatoms. The molecule has 1 aromatic carbocycles. The van der Waals surface area contributed by atoms with E-state index in [0.29, 0.717) is 10.6 Å². The number of benzene rings is 1. The average molecular weight is 302 g/mol. The number of amides is 1. The minimum atomic E-state index is -0.0989. The van der Waals surface area contributed by atoms with E-state index in [4.69, 9.17) is 18.0 Å². The Morgan fingerprint density at radius 2 is 2.05 bits per heavy atom. The number of thiocarbonyl (C=S) groups is 1. The molecule has 0 aliphatic rings. The summed E-state index contributed by atoms with van der Waals surface area (Å²) >= 11 is 4.97. The molecule has 0 fully saturated rings. The molecule has 1 amide bonds. The molecule has 5 nitrogen and oxygen atoms in total. The van der Waals surface area contributed by atoms with Crippen LogP contribution in [0.3, 0.4) is 0 Å². The quantitative estimate of drug-likeness (QED) is 0.880. The number of aromatic nitrogens is 2. The van der Waals surface area contributed by atoms with Gasteiger partial charge in [0.15, 0.2) is 0 Å². The highest BCUT2D eigenvalue weighted by molar-refractivity contribution is 7.80. The minimum absolute atomic E-state index is 0.0989. The van der Waals surface area contributed by atoms with Crippen LogP contribution in [0.15, 0.2) is 24.3 Å². The van der Waals surface area contributed by atoms with Crippen LogP contribution in [-0.2, 0) is 7.05 Å². The van der Waals surface area contributed by atoms with E-state index in [0.717, 1.165) is 22.6 Å². The molecule has 0 bridgehead atoms. The zero-order valence-corrected chi connectivity index (χ0v) is 13.4. The van der Waals surface area contributed by atoms with Crippen LogP contribution in [0.4, 0.5) is 5.69 Å². The molecular weight excluding hydrogens is 284 g/mol. The first-order chi connectivity index (χ1) is 9.82. The van der Waals surface area contributed by atoms with E-state index in [1.807, 2.05) is 39.1 Å². The normalized spacial score (nSPS) is 10.5. The van der Waals surface area contributed by atoms with E-state index in [1.165, 1.54) is 0 Å². The molecule has 0 aliphatic carbocycles. The molecule has 0 aliphatic heterocycles. The SMILES string of the molecule is Cc1nn(C)c(C)c1C(=O)N(C)c1cccc(C(N)=S)c1. The van der Waals surface area contributed by atoms with Crippen LogP contribution in [0.1, 0.15) is 27.3 Å². The number of carbonyl (C=O) groups excluding carboxylic acids is 1. The lowest BCUT2D eigenvalue weighted by atomic mass is 10.1. The Kier molecular flexibility index (Phi) is 4.09. The summed E-state index contributed by atoms with van der Waals surface area (Å²) in [6.45, 7) is 3.71. The molecular formula is C15H18N4OS. The van der Waals surface area contributed by atoms with Crippen molar-refractivity contribution in [3.05, 3.63) is 46.8 Å². The highest BCUT2D eigenvalue weighted by Crippen LogP contribution is 2.20. The zero-order chi connectivity index (χ0) is 15.7. The average Bonchev–Trinajstić information content (AvgIpc) is 2.70. The summed E-state index contributed by atoms with van der Waals surface area (Å²) < 4.78 is 1.71. The third-order valence-corrected chi connectivity index (χ3v) is 3.78. The van der Waals surface area contributed by atoms with Crippen molar-refractivity contribution in [1.82, 2.24) is 9.78 Å². The Morgan fingerprint density at radius 3 is 2.57 bits per heavy atom. The van der Waals surface area contributed by atoms with Crippen molar-refractivity contribution in [3.8, 4) is 0 Å². The standard InChI is InChI=1S/C15H18N4OS/c1-9-13(10(2)19(4)17-9)15(20)18(3)12-7-5-6-11(8-12)14(16)21/h5-8H,1-4H3,(H2,16,21). The van der Waals surface area contributed by atoms with Gasteiger partial charge in [0.05, 0.1) is 11.3 Å². The number of nitrogens with two attached hydrogens (primary N) is 1. The lowest BCUT2D eigenvalue weighted by molar-refractivity contribution is 0.0992. The molecule has 2 aromatic rings. The third kappa shape index (κ3) is 2.80. The predicted molar refractivity (Wildman–Crippen MR) is 87.7 cm³/mol. The van der Waals surface area contributed by atoms with E-state index < -0.39 is 0 Å². The molecule has 0 atom stereocenters. The maximum atomic E-state index is 12.7. The third-order valence-electron chi connectivity index (χ3n) is 3.55. The smallest absolute Gasteiger partial charge is 0.261 e. The molecule has 0 saturated heterocycles. The molecule has 21 heavy (non-hydrogen) atoms. The van der Waals surface area contributed by atoms with Gasteiger partial charge in [0.2, 0.25) is 0 Å². The first-order valence-electron chi connectivity index (χ1n) is 6.51. The van der Waals surface area contributed by atoms with Crippen LogP contribution in [-0.4, -0.2) is 27.7 Å². The monoisotopic (exact) mass is 302 g/mol. The Hall–Kier alpha value is -2.21. The van der Waals surface area contributed by atoms with Crippen molar-refractivity contribution in [2.75, 3.05) is 11.9 Å². The van der Waals surface area contributed by atoms with Gasteiger partial charge in [0, 0.05) is 31.0 Å². The van der Waals surface area contributed by atoms with Crippen molar-refractivity contribution >= 4 is 28.8 Å². The van der Waals surface area contributed by atoms with Crippen LogP contribution in [0.25, 0.3) is 0 Å². The molecule has 1 aromatic heterocycles. The van der Waals surface area contributed by atoms with Gasteiger partial charge in [-0.05, 0) is 26.0 Å². The zero-order valence-electron chi connectivity index (χ0n) is 12.5. The molecule has 1 heterocycles. The second-order valence-corrected chi connectivity index (χ2v) is 5.39. The highest BCUT2D eigenvalue weighted by atomic mass is 32.1. The van der Waals surface area contributed by atoms with Crippen LogP contribution in [0.2, 0.25) is 0 Å². The van der Waals surface area contributed by atoms with Crippen LogP contribution < -0.4 is 10.6 Å². The number of hydrogen-bond donors (Lipinski definition) is 1. The summed E-state index contributed by atoms with van der Waals surface area (Å²) in [5.41, 5.74) is 9.31. The van der Waals surface area contributed by atoms with E-state index in [2.05, 4.69) is 5.10 Å². The fourth-order valence-electron chi connectivity index (χ4n) is 2.24. The van der Waals surface area contributed by atoms with Gasteiger partial charge in [-0.15, -0.1) is 0 Å². The summed E-state index contributed by atoms with van der Waals surface area (Å²) in [6, 6.07) is 7.31. The van der Waals surface area contributed by atoms with E-state index in [9.17, 15) is 4.79 Å². The Bertz CT molecular complexity index is 720. The van der Waals surface area contributed by atoms with Crippen molar-refractivity contribution in [1.29, 1.82) is 0 Å². The predicted octanol–water partition coefficient (Wildman–Crippen LogP) is 1.95. The Labute approximate surface area is 129 Å². The Balaban J connectivity index is 2.39. The van der Waals surface area contributed by atoms with E-state index >= 15 is 0 Å². The van der Waals surface area contributed by atoms with E-state index in [1.54, 1.807) is 22.7 Å². The summed E-state index contributed by atoms with van der Waals surface area (Å²) in [6.07, 6.45) is 0. The number of anilines is 1. The van der Waals surface area contributed by atoms with Crippen molar-refractivity contribution in [2.45, 2.75) is 13.8 Å². The van der Waals surface area contributed by atoms with Gasteiger partial charge in [-0.2, -0.15) is 5.10 Å². The number of aryl methyl sites for hydroxylation is 2. The molecule has 0 unspecified atom stereocenters. The molecule has 0 saturated carbocycles. The number of nitrogens with zero attached hydrogens (tertiary/aromatic N) is 3. The topological polar surface area (TPSA) is 64.2 Å². The van der Waals surface area contributed by atoms with Gasteiger partial charge < -0.3 is 10.6 Å². The molecule has 2 N–H and O–H groups in total. The maximum absolute atomic E-state index is 12.7. The molecule has 0 radical (unpaired) electrons. The van der Waals surface area contributed by atoms with Crippen molar-refractivity contribution in [3.63, 3.8) is 0 Å². The van der Waals surface area contributed by atoms with Crippen LogP contribution in [0, 0.1) is 13.8 Å². The first-order valence-corrected chi connectivity index (χ1v) is 6.92. The van der Waals surface area contributed by atoms with Crippen molar-refractivity contribution < 1.29 is 4.79 Å². The van der Waals surface area contributed by atoms with Gasteiger partial charge in [0.1, 0.15) is 4.99 Å². The number of rotatable bonds is 3. The summed E-state index contributed by atoms with van der Waals surface area (Å²) in [4.78, 5) is 14.6. The molecule has 2 rings (SSSR count). The minimum Gasteiger partial charge on any atom is -0.389 e. The fraction of sp³-hybridized carbons (Fsp3) is 0.267. The molecule has 0 spiro atoms. The second kappa shape index (κ2) is 5.65. The number of carbonyl (C=O) groups is 1. The van der Waals surface area contributed by atoms with Gasteiger partial charge >= 0.3 is 0 Å². The molecule has 110 valence electrons. The summed E-state index contributed by atoms with van der Waals surface area (Å²) in [5.74, 6) is -0.0989. The fourth-order valence-corrected chi connectivity index (χ4v) is 2.36. The van der Waals surface area contributed by atoms with Gasteiger partial charge in [-0.25, -0.2) is 0 Å². The van der Waals surface area contributed by atoms with Crippen LogP contribution in [0.5, 0.6) is 0 Å². The maximum Gasteiger partial charge on any atom is 0.261 e. The lowest BCUT2D eigenvalue weighted by Gasteiger charge is -2.18. The Morgan fingerprint density at radius 1 is 1.38 bits per heavy atom. The largest absolute Gasteiger partial charge is 0.389 e. The van der Waals surface area contributed by atoms with Crippen molar-refractivity contribution in [2.24, 2.45) is 12.8 Å². The summed E-state index contributed by atoms with van der Waals surface area (Å²) in [5, 5.41) is 4.28. The second-order valence-electron chi connectivity index (χ2n) is 4.95. The van der Waals surface area contributed by atoms with Gasteiger partial charge in [-0.1, -0.05) is 24.4 Å². The van der Waals surface area contributed by atoms with E-state index in [-0.39, 0.29) is 5.91 Å². The lowest BCUT2D eigenvalue weighted by Crippen LogP contribution is -2.27. The van der Waals surface area contributed by atoms with Gasteiger partial charge in [-0.3, -0.25) is 9.48 Å². The number of hydrogen-bond acceptors (Lipinski definition) is 3. The highest BCUT2D eigenvalue weighted by Gasteiger charge is 2.21. The van der Waals surface area contributed by atoms with Gasteiger partial charge in [0.25, 0.3) is 5.91 Å². The van der Waals surface area contributed by atoms with Crippen LogP contribution >= 0.6 is 12.2 Å². The summed E-state index contributed by atoms with van der Waals surface area (Å²) in [7, 11) is 3.56.